The molecule has 1 rings (SSSR count). The molecule has 0 aliphatic heterocycles. The third-order valence-electron chi connectivity index (χ3n) is 2.82. The van der Waals surface area contributed by atoms with Gasteiger partial charge in [-0.1, -0.05) is 26.0 Å². The first kappa shape index (κ1) is 15.9. The lowest BCUT2D eigenvalue weighted by atomic mass is 9.78. The Hall–Kier alpha value is -1.13. The van der Waals surface area contributed by atoms with Gasteiger partial charge in [0.05, 0.1) is 7.11 Å². The molecule has 0 aliphatic rings. The number of carbonyl (C=O) groups excluding carboxylic acids is 1. The standard InChI is InChI=1S/C12H16FNO2.ClH/c1-12(2,10(14)11(15)16-3)8-4-6-9(13)7-5-8;/h4-7,10H,14H2,1-3H3;1H. The van der Waals surface area contributed by atoms with Gasteiger partial charge >= 0.3 is 5.97 Å². The van der Waals surface area contributed by atoms with Crippen LogP contribution < -0.4 is 5.73 Å². The van der Waals surface area contributed by atoms with Gasteiger partial charge in [0.2, 0.25) is 0 Å². The highest BCUT2D eigenvalue weighted by molar-refractivity contribution is 5.85. The van der Waals surface area contributed by atoms with Crippen molar-refractivity contribution >= 4 is 18.4 Å². The predicted molar refractivity (Wildman–Crippen MR) is 66.7 cm³/mol. The van der Waals surface area contributed by atoms with Gasteiger partial charge in [0.25, 0.3) is 0 Å². The van der Waals surface area contributed by atoms with E-state index in [0.29, 0.717) is 0 Å². The van der Waals surface area contributed by atoms with Gasteiger partial charge in [-0.05, 0) is 17.7 Å². The van der Waals surface area contributed by atoms with Gasteiger partial charge in [-0.25, -0.2) is 4.39 Å². The first-order valence-electron chi connectivity index (χ1n) is 4.99. The van der Waals surface area contributed by atoms with E-state index in [-0.39, 0.29) is 18.2 Å². The molecule has 0 amide bonds. The average Bonchev–Trinajstić information content (AvgIpc) is 2.27. The van der Waals surface area contributed by atoms with Crippen molar-refractivity contribution in [1.82, 2.24) is 0 Å². The summed E-state index contributed by atoms with van der Waals surface area (Å²) in [6.07, 6.45) is 0. The third kappa shape index (κ3) is 3.41. The topological polar surface area (TPSA) is 52.3 Å². The Labute approximate surface area is 107 Å². The minimum Gasteiger partial charge on any atom is -0.468 e. The second-order valence-electron chi connectivity index (χ2n) is 4.23. The summed E-state index contributed by atoms with van der Waals surface area (Å²) < 4.78 is 17.4. The molecular formula is C12H17ClFNO2. The molecular weight excluding hydrogens is 245 g/mol. The molecule has 1 atom stereocenters. The molecule has 0 spiro atoms. The van der Waals surface area contributed by atoms with Crippen LogP contribution in [0.1, 0.15) is 19.4 Å². The minimum absolute atomic E-state index is 0. The van der Waals surface area contributed by atoms with Crippen LogP contribution in [0, 0.1) is 5.82 Å². The first-order chi connectivity index (χ1) is 7.39. The van der Waals surface area contributed by atoms with Crippen molar-refractivity contribution in [3.05, 3.63) is 35.6 Å². The van der Waals surface area contributed by atoms with Crippen molar-refractivity contribution in [1.29, 1.82) is 0 Å². The van der Waals surface area contributed by atoms with Crippen molar-refractivity contribution in [2.24, 2.45) is 5.73 Å². The zero-order valence-electron chi connectivity index (χ0n) is 10.1. The molecule has 0 saturated heterocycles. The molecule has 1 aromatic carbocycles. The van der Waals surface area contributed by atoms with E-state index < -0.39 is 17.4 Å². The van der Waals surface area contributed by atoms with E-state index >= 15 is 0 Å². The number of carbonyl (C=O) groups is 1. The van der Waals surface area contributed by atoms with Crippen LogP contribution in [0.25, 0.3) is 0 Å². The summed E-state index contributed by atoms with van der Waals surface area (Å²) in [6.45, 7) is 3.64. The van der Waals surface area contributed by atoms with Crippen LogP contribution in [0.5, 0.6) is 0 Å². The molecule has 0 fully saturated rings. The second kappa shape index (κ2) is 5.98. The zero-order valence-corrected chi connectivity index (χ0v) is 10.9. The van der Waals surface area contributed by atoms with Gasteiger partial charge in [-0.2, -0.15) is 0 Å². The Morgan fingerprint density at radius 2 is 1.82 bits per heavy atom. The summed E-state index contributed by atoms with van der Waals surface area (Å²) in [7, 11) is 1.29. The zero-order chi connectivity index (χ0) is 12.3. The summed E-state index contributed by atoms with van der Waals surface area (Å²) in [5.41, 5.74) is 6.01. The van der Waals surface area contributed by atoms with Gasteiger partial charge in [0, 0.05) is 5.41 Å². The summed E-state index contributed by atoms with van der Waals surface area (Å²) >= 11 is 0. The van der Waals surface area contributed by atoms with Crippen LogP contribution in [0.2, 0.25) is 0 Å². The van der Waals surface area contributed by atoms with E-state index in [1.165, 1.54) is 19.2 Å². The normalized spacial score (nSPS) is 12.5. The molecule has 1 unspecified atom stereocenters. The Morgan fingerprint density at radius 3 is 2.24 bits per heavy atom. The SMILES string of the molecule is COC(=O)C(N)C(C)(C)c1ccc(F)cc1.Cl. The number of methoxy groups -OCH3 is 1. The fourth-order valence-electron chi connectivity index (χ4n) is 1.48. The van der Waals surface area contributed by atoms with Gasteiger partial charge in [-0.3, -0.25) is 4.79 Å². The maximum Gasteiger partial charge on any atom is 0.323 e. The number of esters is 1. The molecule has 3 nitrogen and oxygen atoms in total. The van der Waals surface area contributed by atoms with Crippen molar-refractivity contribution in [2.45, 2.75) is 25.3 Å². The second-order valence-corrected chi connectivity index (χ2v) is 4.23. The monoisotopic (exact) mass is 261 g/mol. The van der Waals surface area contributed by atoms with Crippen LogP contribution >= 0.6 is 12.4 Å². The lowest BCUT2D eigenvalue weighted by molar-refractivity contribution is -0.143. The minimum atomic E-state index is -0.775. The van der Waals surface area contributed by atoms with Crippen LogP contribution in [-0.4, -0.2) is 19.1 Å². The molecule has 5 heteroatoms. The molecule has 1 aromatic rings. The fourth-order valence-corrected chi connectivity index (χ4v) is 1.48. The molecule has 17 heavy (non-hydrogen) atoms. The van der Waals surface area contributed by atoms with Crippen LogP contribution in [-0.2, 0) is 14.9 Å². The molecule has 0 radical (unpaired) electrons. The number of hydrogen-bond acceptors (Lipinski definition) is 3. The van der Waals surface area contributed by atoms with Gasteiger partial charge in [0.15, 0.2) is 0 Å². The molecule has 0 bridgehead atoms. The van der Waals surface area contributed by atoms with Crippen molar-refractivity contribution in [3.63, 3.8) is 0 Å². The van der Waals surface area contributed by atoms with Crippen LogP contribution in [0.3, 0.4) is 0 Å². The third-order valence-corrected chi connectivity index (χ3v) is 2.82. The first-order valence-corrected chi connectivity index (χ1v) is 4.99. The van der Waals surface area contributed by atoms with E-state index in [0.717, 1.165) is 5.56 Å². The number of hydrogen-bond donors (Lipinski definition) is 1. The van der Waals surface area contributed by atoms with E-state index in [4.69, 9.17) is 5.73 Å². The number of benzene rings is 1. The average molecular weight is 262 g/mol. The highest BCUT2D eigenvalue weighted by Gasteiger charge is 2.34. The molecule has 0 saturated carbocycles. The Morgan fingerprint density at radius 1 is 1.35 bits per heavy atom. The van der Waals surface area contributed by atoms with E-state index in [1.54, 1.807) is 12.1 Å². The molecule has 96 valence electrons. The Bertz CT molecular complexity index is 379. The smallest absolute Gasteiger partial charge is 0.323 e. The number of rotatable bonds is 3. The van der Waals surface area contributed by atoms with E-state index in [9.17, 15) is 9.18 Å². The Balaban J connectivity index is 0.00000256. The van der Waals surface area contributed by atoms with Crippen molar-refractivity contribution < 1.29 is 13.9 Å². The van der Waals surface area contributed by atoms with Gasteiger partial charge < -0.3 is 10.5 Å². The molecule has 0 aromatic heterocycles. The summed E-state index contributed by atoms with van der Waals surface area (Å²) in [5.74, 6) is -0.791. The maximum atomic E-state index is 12.8. The Kier molecular flexibility index (Phi) is 5.58. The van der Waals surface area contributed by atoms with Crippen molar-refractivity contribution in [3.8, 4) is 0 Å². The van der Waals surface area contributed by atoms with Gasteiger partial charge in [-0.15, -0.1) is 12.4 Å². The summed E-state index contributed by atoms with van der Waals surface area (Å²) in [6, 6.07) is 5.17. The lowest BCUT2D eigenvalue weighted by Crippen LogP contribution is -2.47. The maximum absolute atomic E-state index is 12.8. The van der Waals surface area contributed by atoms with Gasteiger partial charge in [0.1, 0.15) is 11.9 Å². The highest BCUT2D eigenvalue weighted by Crippen LogP contribution is 2.26. The highest BCUT2D eigenvalue weighted by atomic mass is 35.5. The van der Waals surface area contributed by atoms with Crippen LogP contribution in [0.15, 0.2) is 24.3 Å². The molecule has 0 aliphatic carbocycles. The quantitative estimate of drug-likeness (QED) is 0.847. The van der Waals surface area contributed by atoms with Crippen LogP contribution in [0.4, 0.5) is 4.39 Å². The number of nitrogens with two attached hydrogens (primary N) is 1. The number of ether oxygens (including phenoxy) is 1. The summed E-state index contributed by atoms with van der Waals surface area (Å²) in [5, 5.41) is 0. The van der Waals surface area contributed by atoms with E-state index in [1.807, 2.05) is 13.8 Å². The molecule has 0 heterocycles. The van der Waals surface area contributed by atoms with E-state index in [2.05, 4.69) is 4.74 Å². The largest absolute Gasteiger partial charge is 0.468 e. The summed E-state index contributed by atoms with van der Waals surface area (Å²) in [4.78, 5) is 11.4. The lowest BCUT2D eigenvalue weighted by Gasteiger charge is -2.30. The number of halogens is 2. The predicted octanol–water partition coefficient (Wildman–Crippen LogP) is 2.03. The van der Waals surface area contributed by atoms with Crippen molar-refractivity contribution in [2.75, 3.05) is 7.11 Å². The fraction of sp³-hybridized carbons (Fsp3) is 0.417. The molecule has 2 N–H and O–H groups in total.